The normalized spacial score (nSPS) is 19.5. The van der Waals surface area contributed by atoms with Crippen molar-refractivity contribution in [2.45, 2.75) is 31.2 Å². The van der Waals surface area contributed by atoms with E-state index in [0.717, 1.165) is 23.1 Å². The molecule has 0 N–H and O–H groups in total. The molecule has 0 radical (unpaired) electrons. The molecular weight excluding hydrogens is 344 g/mol. The lowest BCUT2D eigenvalue weighted by molar-refractivity contribution is -0.0786. The first-order chi connectivity index (χ1) is 13.8. The van der Waals surface area contributed by atoms with Gasteiger partial charge in [0.2, 0.25) is 0 Å². The fourth-order valence-electron chi connectivity index (χ4n) is 3.92. The Morgan fingerprint density at radius 1 is 0.786 bits per heavy atom. The van der Waals surface area contributed by atoms with E-state index in [0.29, 0.717) is 6.61 Å². The molecular formula is C26H26O2. The van der Waals surface area contributed by atoms with Crippen LogP contribution in [-0.4, -0.2) is 18.8 Å². The minimum absolute atomic E-state index is 0.0514. The Balaban J connectivity index is 1.80. The fourth-order valence-corrected chi connectivity index (χ4v) is 3.92. The van der Waals surface area contributed by atoms with Crippen molar-refractivity contribution in [2.75, 3.05) is 6.61 Å². The zero-order chi connectivity index (χ0) is 19.2. The predicted molar refractivity (Wildman–Crippen MR) is 113 cm³/mol. The summed E-state index contributed by atoms with van der Waals surface area (Å²) in [4.78, 5) is 0. The van der Waals surface area contributed by atoms with E-state index in [-0.39, 0.29) is 12.2 Å². The van der Waals surface area contributed by atoms with Crippen LogP contribution in [0.25, 0.3) is 0 Å². The zero-order valence-corrected chi connectivity index (χ0v) is 16.2. The molecule has 0 saturated carbocycles. The van der Waals surface area contributed by atoms with Crippen LogP contribution in [0.2, 0.25) is 0 Å². The SMILES string of the molecule is C[C@@H]1C=CC[C@H](COC(c2ccccc2)(c2ccccc2)c2ccccc2)O1. The third-order valence-corrected chi connectivity index (χ3v) is 5.24. The van der Waals surface area contributed by atoms with Gasteiger partial charge in [0, 0.05) is 0 Å². The first-order valence-corrected chi connectivity index (χ1v) is 9.92. The number of hydrogen-bond acceptors (Lipinski definition) is 2. The molecule has 1 aliphatic heterocycles. The van der Waals surface area contributed by atoms with Crippen LogP contribution in [0.1, 0.15) is 30.0 Å². The smallest absolute Gasteiger partial charge is 0.143 e. The van der Waals surface area contributed by atoms with Crippen LogP contribution in [0.4, 0.5) is 0 Å². The Hall–Kier alpha value is -2.68. The van der Waals surface area contributed by atoms with Crippen LogP contribution in [0.3, 0.4) is 0 Å². The summed E-state index contributed by atoms with van der Waals surface area (Å²) in [6.45, 7) is 2.59. The van der Waals surface area contributed by atoms with Crippen molar-refractivity contribution >= 4 is 0 Å². The molecule has 2 atom stereocenters. The third kappa shape index (κ3) is 3.80. The number of hydrogen-bond donors (Lipinski definition) is 0. The summed E-state index contributed by atoms with van der Waals surface area (Å²) in [5.41, 5.74) is 2.67. The van der Waals surface area contributed by atoms with Crippen LogP contribution in [0, 0.1) is 0 Å². The Morgan fingerprint density at radius 3 is 1.68 bits per heavy atom. The van der Waals surface area contributed by atoms with E-state index in [2.05, 4.69) is 91.9 Å². The monoisotopic (exact) mass is 370 g/mol. The molecule has 0 aliphatic carbocycles. The van der Waals surface area contributed by atoms with Gasteiger partial charge in [-0.15, -0.1) is 0 Å². The third-order valence-electron chi connectivity index (χ3n) is 5.24. The molecule has 0 aromatic heterocycles. The largest absolute Gasteiger partial charge is 0.368 e. The van der Waals surface area contributed by atoms with Gasteiger partial charge in [-0.2, -0.15) is 0 Å². The van der Waals surface area contributed by atoms with E-state index >= 15 is 0 Å². The molecule has 4 rings (SSSR count). The molecule has 0 spiro atoms. The second-order valence-electron chi connectivity index (χ2n) is 7.22. The van der Waals surface area contributed by atoms with Gasteiger partial charge in [0.05, 0.1) is 18.8 Å². The summed E-state index contributed by atoms with van der Waals surface area (Å²) in [6, 6.07) is 31.4. The van der Waals surface area contributed by atoms with Gasteiger partial charge in [-0.25, -0.2) is 0 Å². The quantitative estimate of drug-likeness (QED) is 0.407. The van der Waals surface area contributed by atoms with Crippen molar-refractivity contribution in [1.29, 1.82) is 0 Å². The standard InChI is InChI=1S/C26H26O2/c1-21-12-11-19-25(28-21)20-27-26(22-13-5-2-6-14-22,23-15-7-3-8-16-23)24-17-9-4-10-18-24/h2-18,21,25H,19-20H2,1H3/t21-,25-/m1/s1. The van der Waals surface area contributed by atoms with Gasteiger partial charge in [-0.05, 0) is 30.0 Å². The van der Waals surface area contributed by atoms with E-state index in [1.165, 1.54) is 0 Å². The van der Waals surface area contributed by atoms with Crippen molar-refractivity contribution in [1.82, 2.24) is 0 Å². The molecule has 0 amide bonds. The molecule has 3 aromatic carbocycles. The first kappa shape index (κ1) is 18.7. The first-order valence-electron chi connectivity index (χ1n) is 9.92. The van der Waals surface area contributed by atoms with Crippen LogP contribution in [0.15, 0.2) is 103 Å². The maximum absolute atomic E-state index is 6.82. The molecule has 3 aromatic rings. The molecule has 0 fully saturated rings. The van der Waals surface area contributed by atoms with Gasteiger partial charge >= 0.3 is 0 Å². The highest BCUT2D eigenvalue weighted by Gasteiger charge is 2.38. The van der Waals surface area contributed by atoms with Gasteiger partial charge < -0.3 is 9.47 Å². The van der Waals surface area contributed by atoms with Crippen molar-refractivity contribution < 1.29 is 9.47 Å². The maximum atomic E-state index is 6.82. The van der Waals surface area contributed by atoms with Gasteiger partial charge in [0.25, 0.3) is 0 Å². The second kappa shape index (κ2) is 8.55. The molecule has 142 valence electrons. The van der Waals surface area contributed by atoms with E-state index in [4.69, 9.17) is 9.47 Å². The lowest BCUT2D eigenvalue weighted by Crippen LogP contribution is -2.37. The molecule has 0 saturated heterocycles. The van der Waals surface area contributed by atoms with Crippen LogP contribution < -0.4 is 0 Å². The fraction of sp³-hybridized carbons (Fsp3) is 0.231. The second-order valence-corrected chi connectivity index (χ2v) is 7.22. The highest BCUT2D eigenvalue weighted by Crippen LogP contribution is 2.40. The molecule has 0 unspecified atom stereocenters. The highest BCUT2D eigenvalue weighted by molar-refractivity contribution is 5.47. The lowest BCUT2D eigenvalue weighted by atomic mass is 9.80. The summed E-state index contributed by atoms with van der Waals surface area (Å²) < 4.78 is 12.9. The Bertz CT molecular complexity index is 791. The molecule has 1 aliphatic rings. The number of ether oxygens (including phenoxy) is 2. The molecule has 28 heavy (non-hydrogen) atoms. The molecule has 0 bridgehead atoms. The summed E-state index contributed by atoms with van der Waals surface area (Å²) in [7, 11) is 0. The van der Waals surface area contributed by atoms with Gasteiger partial charge in [-0.1, -0.05) is 103 Å². The summed E-state index contributed by atoms with van der Waals surface area (Å²) >= 11 is 0. The minimum atomic E-state index is -0.683. The lowest BCUT2D eigenvalue weighted by Gasteiger charge is -2.37. The van der Waals surface area contributed by atoms with Crippen molar-refractivity contribution in [3.8, 4) is 0 Å². The minimum Gasteiger partial charge on any atom is -0.368 e. The Morgan fingerprint density at radius 2 is 1.25 bits per heavy atom. The zero-order valence-electron chi connectivity index (χ0n) is 16.2. The van der Waals surface area contributed by atoms with Crippen molar-refractivity contribution in [3.63, 3.8) is 0 Å². The summed E-state index contributed by atoms with van der Waals surface area (Å²) in [5, 5.41) is 0. The molecule has 2 heteroatoms. The topological polar surface area (TPSA) is 18.5 Å². The van der Waals surface area contributed by atoms with Crippen LogP contribution in [-0.2, 0) is 15.1 Å². The Labute approximate surface area is 167 Å². The molecule has 2 nitrogen and oxygen atoms in total. The average molecular weight is 370 g/mol. The van der Waals surface area contributed by atoms with E-state index in [1.54, 1.807) is 0 Å². The van der Waals surface area contributed by atoms with Gasteiger partial charge in [-0.3, -0.25) is 0 Å². The summed E-state index contributed by atoms with van der Waals surface area (Å²) in [5.74, 6) is 0. The Kier molecular flexibility index (Phi) is 5.70. The van der Waals surface area contributed by atoms with E-state index in [1.807, 2.05) is 18.2 Å². The maximum Gasteiger partial charge on any atom is 0.143 e. The number of rotatable bonds is 6. The summed E-state index contributed by atoms with van der Waals surface area (Å²) in [6.07, 6.45) is 5.35. The van der Waals surface area contributed by atoms with Crippen LogP contribution in [0.5, 0.6) is 0 Å². The van der Waals surface area contributed by atoms with Crippen molar-refractivity contribution in [2.24, 2.45) is 0 Å². The number of benzene rings is 3. The van der Waals surface area contributed by atoms with Crippen molar-refractivity contribution in [3.05, 3.63) is 120 Å². The highest BCUT2D eigenvalue weighted by atomic mass is 16.5. The average Bonchev–Trinajstić information content (AvgIpc) is 2.77. The van der Waals surface area contributed by atoms with E-state index < -0.39 is 5.60 Å². The van der Waals surface area contributed by atoms with Gasteiger partial charge in [0.1, 0.15) is 5.60 Å². The molecule has 1 heterocycles. The van der Waals surface area contributed by atoms with Gasteiger partial charge in [0.15, 0.2) is 0 Å². The predicted octanol–water partition coefficient (Wildman–Crippen LogP) is 5.73. The van der Waals surface area contributed by atoms with E-state index in [9.17, 15) is 0 Å². The van der Waals surface area contributed by atoms with Crippen LogP contribution >= 0.6 is 0 Å².